The van der Waals surface area contributed by atoms with Crippen LogP contribution in [0.2, 0.25) is 0 Å². The van der Waals surface area contributed by atoms with Gasteiger partial charge in [-0.05, 0) is 12.8 Å². The van der Waals surface area contributed by atoms with Crippen molar-refractivity contribution < 1.29 is 14.7 Å². The maximum absolute atomic E-state index is 12.4. The molecule has 0 radical (unpaired) electrons. The van der Waals surface area contributed by atoms with Gasteiger partial charge < -0.3 is 10.0 Å². The minimum absolute atomic E-state index is 0.0826. The van der Waals surface area contributed by atoms with Crippen LogP contribution in [0.15, 0.2) is 0 Å². The number of carboxylic acid groups (broad SMARTS) is 1. The van der Waals surface area contributed by atoms with E-state index in [1.807, 2.05) is 9.80 Å². The van der Waals surface area contributed by atoms with Gasteiger partial charge in [-0.25, -0.2) is 0 Å². The summed E-state index contributed by atoms with van der Waals surface area (Å²) < 4.78 is 0. The third-order valence-electron chi connectivity index (χ3n) is 4.24. The molecule has 0 unspecified atom stereocenters. The van der Waals surface area contributed by atoms with E-state index in [0.29, 0.717) is 26.2 Å². The van der Waals surface area contributed by atoms with Crippen molar-refractivity contribution in [2.75, 3.05) is 32.7 Å². The van der Waals surface area contributed by atoms with Crippen molar-refractivity contribution in [3.63, 3.8) is 0 Å². The molecular weight excluding hydrogens is 232 g/mol. The number of carbonyl (C=O) groups excluding carboxylic acids is 1. The minimum Gasteiger partial charge on any atom is -0.480 e. The molecule has 2 fully saturated rings. The molecule has 1 aliphatic heterocycles. The fourth-order valence-corrected chi connectivity index (χ4v) is 3.05. The highest BCUT2D eigenvalue weighted by Crippen LogP contribution is 2.39. The average molecular weight is 254 g/mol. The minimum atomic E-state index is -0.794. The van der Waals surface area contributed by atoms with Crippen molar-refractivity contribution >= 4 is 11.9 Å². The van der Waals surface area contributed by atoms with E-state index < -0.39 is 5.97 Å². The summed E-state index contributed by atoms with van der Waals surface area (Å²) in [7, 11) is 0. The third kappa shape index (κ3) is 2.83. The first-order valence-corrected chi connectivity index (χ1v) is 6.75. The smallest absolute Gasteiger partial charge is 0.317 e. The van der Waals surface area contributed by atoms with Crippen LogP contribution in [0.3, 0.4) is 0 Å². The Kier molecular flexibility index (Phi) is 3.90. The number of rotatable bonds is 3. The Bertz CT molecular complexity index is 329. The summed E-state index contributed by atoms with van der Waals surface area (Å²) in [6, 6.07) is 0. The van der Waals surface area contributed by atoms with Crippen molar-refractivity contribution in [3.8, 4) is 0 Å². The second-order valence-electron chi connectivity index (χ2n) is 5.73. The lowest BCUT2D eigenvalue weighted by molar-refractivity contribution is -0.143. The number of aliphatic carboxylic acids is 1. The molecule has 1 saturated heterocycles. The van der Waals surface area contributed by atoms with Gasteiger partial charge in [-0.3, -0.25) is 14.5 Å². The lowest BCUT2D eigenvalue weighted by atomic mass is 9.87. The highest BCUT2D eigenvalue weighted by atomic mass is 16.4. The quantitative estimate of drug-likeness (QED) is 0.809. The van der Waals surface area contributed by atoms with Gasteiger partial charge in [-0.2, -0.15) is 0 Å². The van der Waals surface area contributed by atoms with E-state index in [1.165, 1.54) is 0 Å². The molecule has 1 N–H and O–H groups in total. The molecule has 18 heavy (non-hydrogen) atoms. The second-order valence-corrected chi connectivity index (χ2v) is 5.73. The second kappa shape index (κ2) is 5.26. The standard InChI is InChI=1S/C13H22N2O3/c1-13(4-2-3-5-13)12(18)15-8-6-14(7-9-15)10-11(16)17/h2-10H2,1H3,(H,16,17). The number of amides is 1. The van der Waals surface area contributed by atoms with Gasteiger partial charge in [0.05, 0.1) is 6.54 Å². The van der Waals surface area contributed by atoms with Crippen LogP contribution < -0.4 is 0 Å². The number of piperazine rings is 1. The summed E-state index contributed by atoms with van der Waals surface area (Å²) in [4.78, 5) is 26.9. The van der Waals surface area contributed by atoms with Crippen LogP contribution in [0.5, 0.6) is 0 Å². The number of hydrogen-bond acceptors (Lipinski definition) is 3. The number of hydrogen-bond donors (Lipinski definition) is 1. The molecule has 1 heterocycles. The summed E-state index contributed by atoms with van der Waals surface area (Å²) in [5.74, 6) is -0.521. The molecule has 2 rings (SSSR count). The predicted molar refractivity (Wildman–Crippen MR) is 67.2 cm³/mol. The van der Waals surface area contributed by atoms with Gasteiger partial charge in [0.15, 0.2) is 0 Å². The summed E-state index contributed by atoms with van der Waals surface area (Å²) in [6.07, 6.45) is 4.31. The normalized spacial score (nSPS) is 24.2. The zero-order valence-electron chi connectivity index (χ0n) is 11.0. The Morgan fingerprint density at radius 1 is 1.11 bits per heavy atom. The highest BCUT2D eigenvalue weighted by Gasteiger charge is 2.39. The van der Waals surface area contributed by atoms with E-state index in [0.717, 1.165) is 25.7 Å². The Morgan fingerprint density at radius 3 is 2.17 bits per heavy atom. The lowest BCUT2D eigenvalue weighted by Crippen LogP contribution is -2.53. The average Bonchev–Trinajstić information content (AvgIpc) is 2.77. The van der Waals surface area contributed by atoms with Crippen LogP contribution >= 0.6 is 0 Å². The van der Waals surface area contributed by atoms with E-state index in [1.54, 1.807) is 0 Å². The largest absolute Gasteiger partial charge is 0.480 e. The van der Waals surface area contributed by atoms with Crippen molar-refractivity contribution in [2.45, 2.75) is 32.6 Å². The molecular formula is C13H22N2O3. The first-order chi connectivity index (χ1) is 8.51. The maximum Gasteiger partial charge on any atom is 0.317 e. The first kappa shape index (κ1) is 13.3. The highest BCUT2D eigenvalue weighted by molar-refractivity contribution is 5.82. The van der Waals surface area contributed by atoms with Gasteiger partial charge in [0, 0.05) is 31.6 Å². The molecule has 0 spiro atoms. The zero-order valence-corrected chi connectivity index (χ0v) is 11.0. The Labute approximate surface area is 108 Å². The topological polar surface area (TPSA) is 60.9 Å². The van der Waals surface area contributed by atoms with Crippen LogP contribution in [0.1, 0.15) is 32.6 Å². The lowest BCUT2D eigenvalue weighted by Gasteiger charge is -2.38. The fraction of sp³-hybridized carbons (Fsp3) is 0.846. The molecule has 0 aromatic carbocycles. The Morgan fingerprint density at radius 2 is 1.67 bits per heavy atom. The predicted octanol–water partition coefficient (Wildman–Crippen LogP) is 0.795. The van der Waals surface area contributed by atoms with E-state index in [4.69, 9.17) is 5.11 Å². The van der Waals surface area contributed by atoms with Crippen molar-refractivity contribution in [1.29, 1.82) is 0 Å². The van der Waals surface area contributed by atoms with Crippen molar-refractivity contribution in [1.82, 2.24) is 9.80 Å². The molecule has 5 heteroatoms. The van der Waals surface area contributed by atoms with Crippen LogP contribution in [0, 0.1) is 5.41 Å². The SMILES string of the molecule is CC1(C(=O)N2CCN(CC(=O)O)CC2)CCCC1. The van der Waals surface area contributed by atoms with E-state index >= 15 is 0 Å². The Hall–Kier alpha value is -1.10. The van der Waals surface area contributed by atoms with Gasteiger partial charge >= 0.3 is 5.97 Å². The summed E-state index contributed by atoms with van der Waals surface area (Å²) >= 11 is 0. The molecule has 0 aromatic heterocycles. The summed E-state index contributed by atoms with van der Waals surface area (Å²) in [5, 5.41) is 8.73. The molecule has 0 atom stereocenters. The third-order valence-corrected chi connectivity index (χ3v) is 4.24. The first-order valence-electron chi connectivity index (χ1n) is 6.75. The molecule has 1 amide bonds. The number of nitrogens with zero attached hydrogens (tertiary/aromatic N) is 2. The van der Waals surface area contributed by atoms with Gasteiger partial charge in [-0.1, -0.05) is 19.8 Å². The van der Waals surface area contributed by atoms with Gasteiger partial charge in [0.1, 0.15) is 0 Å². The van der Waals surface area contributed by atoms with E-state index in [9.17, 15) is 9.59 Å². The monoisotopic (exact) mass is 254 g/mol. The summed E-state index contributed by atoms with van der Waals surface area (Å²) in [5.41, 5.74) is -0.158. The van der Waals surface area contributed by atoms with Crippen molar-refractivity contribution in [3.05, 3.63) is 0 Å². The van der Waals surface area contributed by atoms with Gasteiger partial charge in [-0.15, -0.1) is 0 Å². The van der Waals surface area contributed by atoms with Gasteiger partial charge in [0.2, 0.25) is 5.91 Å². The molecule has 0 aromatic rings. The molecule has 1 aliphatic carbocycles. The zero-order chi connectivity index (χ0) is 13.2. The molecule has 5 nitrogen and oxygen atoms in total. The van der Waals surface area contributed by atoms with E-state index in [-0.39, 0.29) is 17.9 Å². The molecule has 102 valence electrons. The summed E-state index contributed by atoms with van der Waals surface area (Å²) in [6.45, 7) is 4.84. The van der Waals surface area contributed by atoms with Gasteiger partial charge in [0.25, 0.3) is 0 Å². The van der Waals surface area contributed by atoms with E-state index in [2.05, 4.69) is 6.92 Å². The fourth-order valence-electron chi connectivity index (χ4n) is 3.05. The maximum atomic E-state index is 12.4. The number of carboxylic acids is 1. The molecule has 1 saturated carbocycles. The molecule has 2 aliphatic rings. The number of carbonyl (C=O) groups is 2. The van der Waals surface area contributed by atoms with Crippen LogP contribution in [-0.4, -0.2) is 59.5 Å². The Balaban J connectivity index is 1.86. The van der Waals surface area contributed by atoms with Crippen LogP contribution in [0.4, 0.5) is 0 Å². The molecule has 0 bridgehead atoms. The van der Waals surface area contributed by atoms with Crippen LogP contribution in [-0.2, 0) is 9.59 Å². The van der Waals surface area contributed by atoms with Crippen molar-refractivity contribution in [2.24, 2.45) is 5.41 Å². The van der Waals surface area contributed by atoms with Crippen LogP contribution in [0.25, 0.3) is 0 Å².